The number of benzene rings is 2. The molecule has 0 spiro atoms. The third-order valence-corrected chi connectivity index (χ3v) is 5.36. The van der Waals surface area contributed by atoms with Gasteiger partial charge in [-0.1, -0.05) is 42.3 Å². The van der Waals surface area contributed by atoms with Gasteiger partial charge in [0.1, 0.15) is 0 Å². The van der Waals surface area contributed by atoms with Crippen molar-refractivity contribution in [2.45, 2.75) is 19.7 Å². The Morgan fingerprint density at radius 1 is 1.19 bits per heavy atom. The number of rotatable bonds is 7. The van der Waals surface area contributed by atoms with E-state index in [9.17, 15) is 4.79 Å². The van der Waals surface area contributed by atoms with Crippen molar-refractivity contribution in [1.82, 2.24) is 15.1 Å². The van der Waals surface area contributed by atoms with Crippen molar-refractivity contribution in [1.29, 1.82) is 0 Å². The second-order valence-corrected chi connectivity index (χ2v) is 7.62. The number of hydrogen-bond acceptors (Lipinski definition) is 3. The van der Waals surface area contributed by atoms with Gasteiger partial charge >= 0.3 is 0 Å². The van der Waals surface area contributed by atoms with Crippen LogP contribution in [0.15, 0.2) is 77.6 Å². The minimum atomic E-state index is -0.0959. The van der Waals surface area contributed by atoms with Crippen LogP contribution in [0.3, 0.4) is 0 Å². The summed E-state index contributed by atoms with van der Waals surface area (Å²) in [6.07, 6.45) is 9.45. The Kier molecular flexibility index (Phi) is 6.99. The van der Waals surface area contributed by atoms with Crippen molar-refractivity contribution < 1.29 is 4.79 Å². The number of nitrogens with zero attached hydrogens (tertiary/aromatic N) is 3. The van der Waals surface area contributed by atoms with Gasteiger partial charge in [-0.05, 0) is 54.8 Å². The average Bonchev–Trinajstić information content (AvgIpc) is 3.55. The van der Waals surface area contributed by atoms with Gasteiger partial charge in [-0.2, -0.15) is 5.10 Å². The van der Waals surface area contributed by atoms with Crippen molar-refractivity contribution in [2.75, 3.05) is 13.1 Å². The molecule has 0 saturated carbocycles. The molecule has 32 heavy (non-hydrogen) atoms. The lowest BCUT2D eigenvalue weighted by Crippen LogP contribution is -2.24. The number of allylic oxidation sites excluding steroid dienone is 1. The highest BCUT2D eigenvalue weighted by molar-refractivity contribution is 6.51. The maximum Gasteiger partial charge on any atom is 0.251 e. The van der Waals surface area contributed by atoms with E-state index in [4.69, 9.17) is 0 Å². The van der Waals surface area contributed by atoms with Crippen LogP contribution in [0.2, 0.25) is 6.82 Å². The molecule has 0 aliphatic carbocycles. The summed E-state index contributed by atoms with van der Waals surface area (Å²) in [4.78, 5) is 16.9. The molecule has 0 fully saturated rings. The summed E-state index contributed by atoms with van der Waals surface area (Å²) in [6, 6.07) is 15.7. The second kappa shape index (κ2) is 10.5. The van der Waals surface area contributed by atoms with Crippen molar-refractivity contribution in [2.24, 2.45) is 4.99 Å². The summed E-state index contributed by atoms with van der Waals surface area (Å²) < 4.78 is 1.77. The SMILES string of the molecule is CBc1ccc(C#Cc2cc(C(=O)NCCCC3=CCN=C3)ccc2-n2cccn2)cc1. The molecule has 1 amide bonds. The van der Waals surface area contributed by atoms with Crippen molar-refractivity contribution in [3.8, 4) is 17.5 Å². The van der Waals surface area contributed by atoms with Crippen LogP contribution in [0.5, 0.6) is 0 Å². The van der Waals surface area contributed by atoms with Crippen LogP contribution in [0.25, 0.3) is 5.69 Å². The van der Waals surface area contributed by atoms with Crippen LogP contribution in [0, 0.1) is 11.8 Å². The van der Waals surface area contributed by atoms with E-state index < -0.39 is 0 Å². The molecule has 0 bridgehead atoms. The standard InChI is InChI=1S/C26H25BN4O/c1-27-24-10-6-20(7-11-24)5-8-22-18-23(9-12-25(22)31-17-3-15-30-31)26(32)29-14-2-4-21-13-16-28-19-21/h3,6-7,9-13,15,17-19,27H,2,4,14,16H2,1H3,(H,29,32). The zero-order chi connectivity index (χ0) is 22.2. The number of carbonyl (C=O) groups is 1. The third-order valence-electron chi connectivity index (χ3n) is 5.36. The Labute approximate surface area is 189 Å². The first-order chi connectivity index (χ1) is 15.7. The van der Waals surface area contributed by atoms with E-state index in [2.05, 4.69) is 52.3 Å². The fourth-order valence-corrected chi connectivity index (χ4v) is 3.51. The molecule has 1 aromatic heterocycles. The molecule has 2 heterocycles. The van der Waals surface area contributed by atoms with Crippen molar-refractivity contribution in [3.63, 3.8) is 0 Å². The lowest BCUT2D eigenvalue weighted by molar-refractivity contribution is 0.0953. The van der Waals surface area contributed by atoms with Gasteiger partial charge < -0.3 is 5.32 Å². The summed E-state index contributed by atoms with van der Waals surface area (Å²) in [5.41, 5.74) is 5.65. The maximum absolute atomic E-state index is 12.7. The maximum atomic E-state index is 12.7. The molecule has 3 aromatic rings. The zero-order valence-corrected chi connectivity index (χ0v) is 18.2. The van der Waals surface area contributed by atoms with Crippen LogP contribution in [0.1, 0.15) is 34.3 Å². The summed E-state index contributed by atoms with van der Waals surface area (Å²) >= 11 is 0. The molecule has 0 saturated heterocycles. The Balaban J connectivity index is 1.51. The predicted molar refractivity (Wildman–Crippen MR) is 132 cm³/mol. The highest BCUT2D eigenvalue weighted by Gasteiger charge is 2.10. The minimum absolute atomic E-state index is 0.0959. The first kappa shape index (κ1) is 21.4. The summed E-state index contributed by atoms with van der Waals surface area (Å²) in [7, 11) is 1.000. The van der Waals surface area contributed by atoms with E-state index >= 15 is 0 Å². The van der Waals surface area contributed by atoms with E-state index in [1.54, 1.807) is 10.9 Å². The summed E-state index contributed by atoms with van der Waals surface area (Å²) in [6.45, 7) is 3.53. The molecule has 0 atom stereocenters. The van der Waals surface area contributed by atoms with Gasteiger partial charge in [0.25, 0.3) is 5.91 Å². The number of carbonyl (C=O) groups excluding carboxylic acids is 1. The Morgan fingerprint density at radius 3 is 2.78 bits per heavy atom. The average molecular weight is 420 g/mol. The monoisotopic (exact) mass is 420 g/mol. The Hall–Kier alpha value is -3.85. The predicted octanol–water partition coefficient (Wildman–Crippen LogP) is 2.90. The molecule has 2 aromatic carbocycles. The van der Waals surface area contributed by atoms with Crippen molar-refractivity contribution in [3.05, 3.63) is 89.3 Å². The Bertz CT molecular complexity index is 1200. The smallest absolute Gasteiger partial charge is 0.251 e. The number of amides is 1. The van der Waals surface area contributed by atoms with E-state index in [1.807, 2.05) is 48.8 Å². The second-order valence-electron chi connectivity index (χ2n) is 7.62. The molecule has 0 radical (unpaired) electrons. The molecule has 5 nitrogen and oxygen atoms in total. The van der Waals surface area contributed by atoms with Gasteiger partial charge in [-0.15, -0.1) is 0 Å². The van der Waals surface area contributed by atoms with E-state index in [1.165, 1.54) is 11.0 Å². The lowest BCUT2D eigenvalue weighted by atomic mass is 9.73. The van der Waals surface area contributed by atoms with Crippen LogP contribution >= 0.6 is 0 Å². The highest BCUT2D eigenvalue weighted by Crippen LogP contribution is 2.16. The van der Waals surface area contributed by atoms with E-state index in [-0.39, 0.29) is 5.91 Å². The van der Waals surface area contributed by atoms with Gasteiger partial charge in [-0.3, -0.25) is 9.79 Å². The molecule has 1 N–H and O–H groups in total. The summed E-state index contributed by atoms with van der Waals surface area (Å²) in [5, 5.41) is 7.34. The number of aromatic nitrogens is 2. The molecule has 158 valence electrons. The highest BCUT2D eigenvalue weighted by atomic mass is 16.1. The normalized spacial score (nSPS) is 12.1. The van der Waals surface area contributed by atoms with Gasteiger partial charge in [0.15, 0.2) is 7.28 Å². The van der Waals surface area contributed by atoms with Crippen LogP contribution in [0.4, 0.5) is 0 Å². The number of aliphatic imine (C=N–C) groups is 1. The number of nitrogens with one attached hydrogen (secondary N) is 1. The van der Waals surface area contributed by atoms with Crippen LogP contribution in [-0.4, -0.2) is 42.3 Å². The van der Waals surface area contributed by atoms with Gasteiger partial charge in [0, 0.05) is 36.3 Å². The minimum Gasteiger partial charge on any atom is -0.352 e. The fraction of sp³-hybridized carbons (Fsp3) is 0.192. The van der Waals surface area contributed by atoms with Gasteiger partial charge in [0.2, 0.25) is 0 Å². The zero-order valence-electron chi connectivity index (χ0n) is 18.2. The summed E-state index contributed by atoms with van der Waals surface area (Å²) in [5.74, 6) is 6.37. The largest absolute Gasteiger partial charge is 0.352 e. The molecule has 1 aliphatic heterocycles. The quantitative estimate of drug-likeness (QED) is 0.363. The molecular formula is C26H25BN4O. The first-order valence-electron chi connectivity index (χ1n) is 10.9. The third kappa shape index (κ3) is 5.44. The number of hydrogen-bond donors (Lipinski definition) is 1. The molecule has 4 rings (SSSR count). The van der Waals surface area contributed by atoms with E-state index in [0.717, 1.165) is 43.5 Å². The van der Waals surface area contributed by atoms with Crippen LogP contribution in [-0.2, 0) is 0 Å². The lowest BCUT2D eigenvalue weighted by Gasteiger charge is -2.09. The molecule has 1 aliphatic rings. The molecule has 0 unspecified atom stereocenters. The van der Waals surface area contributed by atoms with Gasteiger partial charge in [-0.25, -0.2) is 4.68 Å². The van der Waals surface area contributed by atoms with Gasteiger partial charge in [0.05, 0.1) is 17.8 Å². The fourth-order valence-electron chi connectivity index (χ4n) is 3.51. The Morgan fingerprint density at radius 2 is 2.06 bits per heavy atom. The molecular weight excluding hydrogens is 395 g/mol. The van der Waals surface area contributed by atoms with Crippen molar-refractivity contribution >= 4 is 24.9 Å². The first-order valence-corrected chi connectivity index (χ1v) is 10.9. The van der Waals surface area contributed by atoms with E-state index in [0.29, 0.717) is 12.1 Å². The topological polar surface area (TPSA) is 59.3 Å². The molecule has 6 heteroatoms. The van der Waals surface area contributed by atoms with Crippen LogP contribution < -0.4 is 10.8 Å².